The molecule has 1 aliphatic carbocycles. The highest BCUT2D eigenvalue weighted by atomic mass is 16.4. The van der Waals surface area contributed by atoms with Gasteiger partial charge in [-0.2, -0.15) is 0 Å². The minimum Gasteiger partial charge on any atom is -0.478 e. The molecule has 2 heterocycles. The summed E-state index contributed by atoms with van der Waals surface area (Å²) in [6.45, 7) is 1.56. The minimum absolute atomic E-state index is 0.106. The lowest BCUT2D eigenvalue weighted by Crippen LogP contribution is -2.35. The number of carboxylic acids is 1. The third-order valence-corrected chi connectivity index (χ3v) is 4.60. The average molecular weight is 273 g/mol. The van der Waals surface area contributed by atoms with Crippen molar-refractivity contribution in [1.29, 1.82) is 0 Å². The number of carbonyl (C=O) groups excluding carboxylic acids is 1. The van der Waals surface area contributed by atoms with Gasteiger partial charge in [-0.25, -0.2) is 4.79 Å². The summed E-state index contributed by atoms with van der Waals surface area (Å²) in [5, 5.41) is 9.21. The van der Waals surface area contributed by atoms with Crippen molar-refractivity contribution >= 4 is 11.9 Å². The Hall–Kier alpha value is -1.84. The van der Waals surface area contributed by atoms with E-state index < -0.39 is 5.97 Å². The molecule has 0 spiro atoms. The number of hydrogen-bond acceptors (Lipinski definition) is 2. The maximum Gasteiger partial charge on any atom is 0.336 e. The number of fused-ring (bicyclic) bond motifs is 4. The first-order valence-electron chi connectivity index (χ1n) is 7.26. The predicted molar refractivity (Wildman–Crippen MR) is 74.8 cm³/mol. The van der Waals surface area contributed by atoms with E-state index in [0.29, 0.717) is 17.4 Å². The number of nitrogens with zero attached hydrogens (tertiary/aromatic N) is 1. The molecule has 0 aromatic heterocycles. The fourth-order valence-electron chi connectivity index (χ4n) is 3.49. The first-order chi connectivity index (χ1) is 9.65. The second-order valence-electron chi connectivity index (χ2n) is 5.95. The van der Waals surface area contributed by atoms with E-state index in [1.807, 2.05) is 4.90 Å². The van der Waals surface area contributed by atoms with Crippen molar-refractivity contribution in [2.45, 2.75) is 25.7 Å². The van der Waals surface area contributed by atoms with E-state index >= 15 is 0 Å². The van der Waals surface area contributed by atoms with Gasteiger partial charge in [0.25, 0.3) is 5.91 Å². The monoisotopic (exact) mass is 273 g/mol. The van der Waals surface area contributed by atoms with Crippen LogP contribution in [0.5, 0.6) is 0 Å². The van der Waals surface area contributed by atoms with Crippen LogP contribution in [0.4, 0.5) is 0 Å². The molecule has 2 saturated heterocycles. The molecule has 1 N–H and O–H groups in total. The number of hydrogen-bond donors (Lipinski definition) is 1. The van der Waals surface area contributed by atoms with Gasteiger partial charge in [-0.05, 0) is 49.7 Å². The fourth-order valence-corrected chi connectivity index (χ4v) is 3.49. The fraction of sp³-hybridized carbons (Fsp3) is 0.500. The smallest absolute Gasteiger partial charge is 0.336 e. The summed E-state index contributed by atoms with van der Waals surface area (Å²) in [5.74, 6) is 0.0259. The molecular weight excluding hydrogens is 254 g/mol. The zero-order valence-electron chi connectivity index (χ0n) is 11.4. The van der Waals surface area contributed by atoms with Crippen LogP contribution in [0.3, 0.4) is 0 Å². The van der Waals surface area contributed by atoms with Gasteiger partial charge in [0.15, 0.2) is 0 Å². The third kappa shape index (κ3) is 2.42. The molecule has 0 atom stereocenters. The van der Waals surface area contributed by atoms with Crippen LogP contribution in [0.15, 0.2) is 24.3 Å². The summed E-state index contributed by atoms with van der Waals surface area (Å²) >= 11 is 0. The Labute approximate surface area is 118 Å². The minimum atomic E-state index is -1.04. The number of aromatic carboxylic acids is 1. The van der Waals surface area contributed by atoms with Gasteiger partial charge in [-0.1, -0.05) is 12.1 Å². The lowest BCUT2D eigenvalue weighted by molar-refractivity contribution is 0.0671. The van der Waals surface area contributed by atoms with Crippen molar-refractivity contribution in [2.24, 2.45) is 11.8 Å². The number of benzene rings is 1. The SMILES string of the molecule is O=C(O)c1ccccc1C(=O)N1CC2CCC(CC2)C1. The molecule has 2 aliphatic heterocycles. The zero-order chi connectivity index (χ0) is 14.1. The normalized spacial score (nSPS) is 25.3. The Morgan fingerprint density at radius 3 is 1.95 bits per heavy atom. The highest BCUT2D eigenvalue weighted by molar-refractivity contribution is 6.04. The number of carboxylic acid groups (broad SMARTS) is 1. The highest BCUT2D eigenvalue weighted by Crippen LogP contribution is 2.34. The molecule has 1 aromatic rings. The van der Waals surface area contributed by atoms with Crippen LogP contribution in [0.25, 0.3) is 0 Å². The molecule has 4 heteroatoms. The van der Waals surface area contributed by atoms with Crippen molar-refractivity contribution in [3.05, 3.63) is 35.4 Å². The molecule has 0 unspecified atom stereocenters. The summed E-state index contributed by atoms with van der Waals surface area (Å²) in [4.78, 5) is 25.8. The Bertz CT molecular complexity index is 518. The Morgan fingerprint density at radius 2 is 1.45 bits per heavy atom. The van der Waals surface area contributed by atoms with Gasteiger partial charge in [0.1, 0.15) is 0 Å². The Balaban J connectivity index is 1.87. The van der Waals surface area contributed by atoms with Gasteiger partial charge in [0.2, 0.25) is 0 Å². The molecule has 1 aromatic carbocycles. The van der Waals surface area contributed by atoms with Crippen molar-refractivity contribution in [3.8, 4) is 0 Å². The van der Waals surface area contributed by atoms with Gasteiger partial charge >= 0.3 is 5.97 Å². The Kier molecular flexibility index (Phi) is 3.47. The van der Waals surface area contributed by atoms with Crippen LogP contribution >= 0.6 is 0 Å². The van der Waals surface area contributed by atoms with Gasteiger partial charge in [-0.3, -0.25) is 4.79 Å². The van der Waals surface area contributed by atoms with Crippen LogP contribution < -0.4 is 0 Å². The molecule has 20 heavy (non-hydrogen) atoms. The molecule has 1 amide bonds. The van der Waals surface area contributed by atoms with Crippen molar-refractivity contribution in [2.75, 3.05) is 13.1 Å². The van der Waals surface area contributed by atoms with Crippen LogP contribution in [-0.2, 0) is 0 Å². The second-order valence-corrected chi connectivity index (χ2v) is 5.95. The number of amides is 1. The molecule has 4 nitrogen and oxygen atoms in total. The first-order valence-corrected chi connectivity index (χ1v) is 7.26. The maximum atomic E-state index is 12.7. The van der Waals surface area contributed by atoms with E-state index in [0.717, 1.165) is 13.1 Å². The molecule has 2 bridgehead atoms. The summed E-state index contributed by atoms with van der Waals surface area (Å²) in [6, 6.07) is 6.51. The molecular formula is C16H19NO3. The first kappa shape index (κ1) is 13.2. The van der Waals surface area contributed by atoms with Crippen LogP contribution in [0, 0.1) is 11.8 Å². The quantitative estimate of drug-likeness (QED) is 0.901. The van der Waals surface area contributed by atoms with Crippen molar-refractivity contribution in [3.63, 3.8) is 0 Å². The van der Waals surface area contributed by atoms with E-state index in [2.05, 4.69) is 0 Å². The van der Waals surface area contributed by atoms with Gasteiger partial charge < -0.3 is 10.0 Å². The second kappa shape index (κ2) is 5.27. The van der Waals surface area contributed by atoms with Crippen molar-refractivity contribution in [1.82, 2.24) is 4.90 Å². The number of carbonyl (C=O) groups is 2. The van der Waals surface area contributed by atoms with Crippen LogP contribution in [0.2, 0.25) is 0 Å². The molecule has 3 fully saturated rings. The Morgan fingerprint density at radius 1 is 0.950 bits per heavy atom. The van der Waals surface area contributed by atoms with Gasteiger partial charge in [-0.15, -0.1) is 0 Å². The van der Waals surface area contributed by atoms with E-state index in [4.69, 9.17) is 0 Å². The summed E-state index contributed by atoms with van der Waals surface area (Å²) in [5.41, 5.74) is 0.426. The maximum absolute atomic E-state index is 12.7. The molecule has 3 aliphatic rings. The van der Waals surface area contributed by atoms with Gasteiger partial charge in [0.05, 0.1) is 11.1 Å². The van der Waals surface area contributed by atoms with Crippen molar-refractivity contribution < 1.29 is 14.7 Å². The largest absolute Gasteiger partial charge is 0.478 e. The van der Waals surface area contributed by atoms with Crippen LogP contribution in [0.1, 0.15) is 46.4 Å². The van der Waals surface area contributed by atoms with Crippen LogP contribution in [-0.4, -0.2) is 35.0 Å². The van der Waals surface area contributed by atoms with E-state index in [1.54, 1.807) is 18.2 Å². The molecule has 1 saturated carbocycles. The topological polar surface area (TPSA) is 57.6 Å². The summed E-state index contributed by atoms with van der Waals surface area (Å²) in [7, 11) is 0. The highest BCUT2D eigenvalue weighted by Gasteiger charge is 2.32. The van der Waals surface area contributed by atoms with Gasteiger partial charge in [0, 0.05) is 13.1 Å². The third-order valence-electron chi connectivity index (χ3n) is 4.60. The zero-order valence-corrected chi connectivity index (χ0v) is 11.4. The lowest BCUT2D eigenvalue weighted by atomic mass is 9.84. The number of rotatable bonds is 2. The molecule has 4 rings (SSSR count). The van der Waals surface area contributed by atoms with E-state index in [1.165, 1.54) is 31.7 Å². The summed E-state index contributed by atoms with van der Waals surface area (Å²) in [6.07, 6.45) is 4.81. The molecule has 106 valence electrons. The van der Waals surface area contributed by atoms with E-state index in [9.17, 15) is 14.7 Å². The lowest BCUT2D eigenvalue weighted by Gasteiger charge is -2.23. The average Bonchev–Trinajstić information content (AvgIpc) is 2.80. The predicted octanol–water partition coefficient (Wildman–Crippen LogP) is 2.65. The standard InChI is InChI=1S/C16H19NO3/c18-15(13-3-1-2-4-14(13)16(19)20)17-9-11-5-6-12(10-17)8-7-11/h1-4,11-12H,5-10H2,(H,19,20). The molecule has 0 radical (unpaired) electrons. The summed E-state index contributed by atoms with van der Waals surface area (Å²) < 4.78 is 0. The van der Waals surface area contributed by atoms with E-state index in [-0.39, 0.29) is 11.5 Å².